The van der Waals surface area contributed by atoms with Crippen LogP contribution in [0.3, 0.4) is 0 Å². The summed E-state index contributed by atoms with van der Waals surface area (Å²) in [7, 11) is 0. The van der Waals surface area contributed by atoms with Gasteiger partial charge in [-0.1, -0.05) is 24.3 Å². The van der Waals surface area contributed by atoms with E-state index in [9.17, 15) is 9.50 Å². The van der Waals surface area contributed by atoms with Crippen LogP contribution in [-0.2, 0) is 19.4 Å². The number of nitrogens with zero attached hydrogens (tertiary/aromatic N) is 2. The van der Waals surface area contributed by atoms with E-state index in [4.69, 9.17) is 5.73 Å². The number of hydrogen-bond donors (Lipinski definition) is 2. The van der Waals surface area contributed by atoms with Crippen molar-refractivity contribution in [3.05, 3.63) is 83.2 Å². The van der Waals surface area contributed by atoms with Crippen molar-refractivity contribution in [2.24, 2.45) is 5.73 Å². The van der Waals surface area contributed by atoms with Crippen molar-refractivity contribution in [3.8, 4) is 5.75 Å². The molecule has 0 unspecified atom stereocenters. The fourth-order valence-corrected chi connectivity index (χ4v) is 2.85. The lowest BCUT2D eigenvalue weighted by Crippen LogP contribution is -2.11. The number of benzene rings is 2. The summed E-state index contributed by atoms with van der Waals surface area (Å²) in [4.78, 5) is 4.50. The minimum Gasteiger partial charge on any atom is -0.508 e. The second kappa shape index (κ2) is 7.27. The number of hydrogen-bond acceptors (Lipinski definition) is 3. The molecule has 0 radical (unpaired) electrons. The van der Waals surface area contributed by atoms with Gasteiger partial charge in [0.25, 0.3) is 0 Å². The maximum Gasteiger partial charge on any atom is 0.123 e. The Kier molecular flexibility index (Phi) is 4.91. The normalized spacial score (nSPS) is 10.9. The summed E-state index contributed by atoms with van der Waals surface area (Å²) >= 11 is 0. The molecule has 2 aromatic carbocycles. The van der Waals surface area contributed by atoms with Crippen LogP contribution < -0.4 is 5.73 Å². The van der Waals surface area contributed by atoms with E-state index in [0.29, 0.717) is 25.9 Å². The molecule has 0 aliphatic rings. The van der Waals surface area contributed by atoms with Gasteiger partial charge in [0.15, 0.2) is 0 Å². The summed E-state index contributed by atoms with van der Waals surface area (Å²) in [6, 6.07) is 13.7. The SMILES string of the molecule is NCCc1c(Cc2cccc(F)c2)ncn1Cc1cccc(O)c1. The minimum atomic E-state index is -0.243. The van der Waals surface area contributed by atoms with Crippen LogP contribution in [0.25, 0.3) is 0 Å². The average molecular weight is 325 g/mol. The van der Waals surface area contributed by atoms with Crippen LogP contribution in [0.4, 0.5) is 4.39 Å². The molecule has 3 N–H and O–H groups in total. The van der Waals surface area contributed by atoms with E-state index in [-0.39, 0.29) is 11.6 Å². The summed E-state index contributed by atoms with van der Waals surface area (Å²) in [6.07, 6.45) is 3.05. The number of aromatic nitrogens is 2. The Morgan fingerprint density at radius 2 is 1.88 bits per heavy atom. The zero-order valence-corrected chi connectivity index (χ0v) is 13.3. The van der Waals surface area contributed by atoms with Gasteiger partial charge in [-0.3, -0.25) is 0 Å². The molecular formula is C19H20FN3O. The van der Waals surface area contributed by atoms with Crippen LogP contribution in [0.15, 0.2) is 54.9 Å². The van der Waals surface area contributed by atoms with Crippen LogP contribution in [0.1, 0.15) is 22.5 Å². The lowest BCUT2D eigenvalue weighted by atomic mass is 10.1. The highest BCUT2D eigenvalue weighted by atomic mass is 19.1. The topological polar surface area (TPSA) is 64.1 Å². The Balaban J connectivity index is 1.87. The molecule has 5 heteroatoms. The van der Waals surface area contributed by atoms with Crippen molar-refractivity contribution >= 4 is 0 Å². The lowest BCUT2D eigenvalue weighted by Gasteiger charge is -2.10. The van der Waals surface area contributed by atoms with E-state index < -0.39 is 0 Å². The van der Waals surface area contributed by atoms with Gasteiger partial charge in [-0.2, -0.15) is 0 Å². The van der Waals surface area contributed by atoms with Gasteiger partial charge in [0.1, 0.15) is 11.6 Å². The first-order valence-electron chi connectivity index (χ1n) is 7.91. The molecule has 0 aliphatic carbocycles. The fourth-order valence-electron chi connectivity index (χ4n) is 2.85. The molecule has 24 heavy (non-hydrogen) atoms. The fraction of sp³-hybridized carbons (Fsp3) is 0.211. The first-order chi connectivity index (χ1) is 11.7. The van der Waals surface area contributed by atoms with E-state index in [0.717, 1.165) is 22.5 Å². The lowest BCUT2D eigenvalue weighted by molar-refractivity contribution is 0.474. The van der Waals surface area contributed by atoms with Gasteiger partial charge >= 0.3 is 0 Å². The molecule has 3 aromatic rings. The molecule has 0 atom stereocenters. The third-order valence-corrected chi connectivity index (χ3v) is 3.94. The standard InChI is InChI=1S/C19H20FN3O/c20-16-5-1-3-14(9-16)11-18-19(7-8-21)23(13-22-18)12-15-4-2-6-17(24)10-15/h1-6,9-10,13,24H,7-8,11-12,21H2. The van der Waals surface area contributed by atoms with E-state index in [1.807, 2.05) is 22.8 Å². The molecule has 0 fully saturated rings. The number of nitrogens with two attached hydrogens (primary N) is 1. The van der Waals surface area contributed by atoms with Gasteiger partial charge < -0.3 is 15.4 Å². The van der Waals surface area contributed by atoms with E-state index in [1.165, 1.54) is 12.1 Å². The Hall–Kier alpha value is -2.66. The zero-order chi connectivity index (χ0) is 16.9. The van der Waals surface area contributed by atoms with Crippen LogP contribution in [0, 0.1) is 5.82 Å². The molecule has 0 spiro atoms. The molecule has 0 saturated heterocycles. The van der Waals surface area contributed by atoms with Crippen LogP contribution in [0.2, 0.25) is 0 Å². The third-order valence-electron chi connectivity index (χ3n) is 3.94. The molecule has 0 bridgehead atoms. The van der Waals surface area contributed by atoms with Crippen molar-refractivity contribution in [1.29, 1.82) is 0 Å². The second-order valence-electron chi connectivity index (χ2n) is 5.78. The molecule has 0 aliphatic heterocycles. The molecule has 1 aromatic heterocycles. The molecule has 4 nitrogen and oxygen atoms in total. The summed E-state index contributed by atoms with van der Waals surface area (Å²) in [5.41, 5.74) is 9.58. The minimum absolute atomic E-state index is 0.243. The summed E-state index contributed by atoms with van der Waals surface area (Å²) in [5.74, 6) is 0.0000395. The third kappa shape index (κ3) is 3.81. The molecule has 0 saturated carbocycles. The number of halogens is 1. The van der Waals surface area contributed by atoms with E-state index in [1.54, 1.807) is 24.5 Å². The number of phenols is 1. The Bertz CT molecular complexity index is 764. The molecular weight excluding hydrogens is 305 g/mol. The van der Waals surface area contributed by atoms with E-state index in [2.05, 4.69) is 4.98 Å². The number of rotatable bonds is 6. The predicted molar refractivity (Wildman–Crippen MR) is 91.4 cm³/mol. The molecule has 0 amide bonds. The predicted octanol–water partition coefficient (Wildman–Crippen LogP) is 2.87. The van der Waals surface area contributed by atoms with Crippen molar-refractivity contribution in [1.82, 2.24) is 9.55 Å². The van der Waals surface area contributed by atoms with Crippen molar-refractivity contribution in [3.63, 3.8) is 0 Å². The van der Waals surface area contributed by atoms with Crippen LogP contribution in [0.5, 0.6) is 5.75 Å². The van der Waals surface area contributed by atoms with Gasteiger partial charge in [-0.25, -0.2) is 9.37 Å². The highest BCUT2D eigenvalue weighted by Crippen LogP contribution is 2.18. The second-order valence-corrected chi connectivity index (χ2v) is 5.78. The highest BCUT2D eigenvalue weighted by molar-refractivity contribution is 5.29. The summed E-state index contributed by atoms with van der Waals surface area (Å²) in [5, 5.41) is 9.61. The maximum atomic E-state index is 13.4. The maximum absolute atomic E-state index is 13.4. The molecule has 3 rings (SSSR count). The molecule has 1 heterocycles. The van der Waals surface area contributed by atoms with Crippen molar-refractivity contribution in [2.75, 3.05) is 6.54 Å². The molecule has 124 valence electrons. The van der Waals surface area contributed by atoms with Crippen molar-refractivity contribution < 1.29 is 9.50 Å². The van der Waals surface area contributed by atoms with Crippen LogP contribution >= 0.6 is 0 Å². The first kappa shape index (κ1) is 16.2. The number of phenolic OH excluding ortho intramolecular Hbond substituents is 1. The quantitative estimate of drug-likeness (QED) is 0.732. The first-order valence-corrected chi connectivity index (χ1v) is 7.91. The Morgan fingerprint density at radius 1 is 1.08 bits per heavy atom. The summed E-state index contributed by atoms with van der Waals surface area (Å²) < 4.78 is 15.4. The highest BCUT2D eigenvalue weighted by Gasteiger charge is 2.12. The van der Waals surface area contributed by atoms with Gasteiger partial charge in [-0.15, -0.1) is 0 Å². The van der Waals surface area contributed by atoms with E-state index >= 15 is 0 Å². The Labute approximate surface area is 140 Å². The average Bonchev–Trinajstić information content (AvgIpc) is 2.90. The monoisotopic (exact) mass is 325 g/mol. The number of imidazole rings is 1. The number of aromatic hydroxyl groups is 1. The van der Waals surface area contributed by atoms with Gasteiger partial charge in [0, 0.05) is 25.1 Å². The summed E-state index contributed by atoms with van der Waals surface area (Å²) in [6.45, 7) is 1.13. The van der Waals surface area contributed by atoms with Gasteiger partial charge in [0.05, 0.1) is 12.0 Å². The largest absolute Gasteiger partial charge is 0.508 e. The van der Waals surface area contributed by atoms with Gasteiger partial charge in [-0.05, 0) is 41.9 Å². The smallest absolute Gasteiger partial charge is 0.123 e. The van der Waals surface area contributed by atoms with Crippen molar-refractivity contribution in [2.45, 2.75) is 19.4 Å². The van der Waals surface area contributed by atoms with Gasteiger partial charge in [0.2, 0.25) is 0 Å². The van der Waals surface area contributed by atoms with Crippen LogP contribution in [-0.4, -0.2) is 21.2 Å². The zero-order valence-electron chi connectivity index (χ0n) is 13.3. The Morgan fingerprint density at radius 3 is 2.62 bits per heavy atom.